The van der Waals surface area contributed by atoms with Crippen molar-refractivity contribution in [2.75, 3.05) is 5.32 Å². The van der Waals surface area contributed by atoms with Crippen LogP contribution >= 0.6 is 11.3 Å². The molecule has 0 aliphatic carbocycles. The summed E-state index contributed by atoms with van der Waals surface area (Å²) >= 11 is 1.41. The standard InChI is InChI=1S/C24H21N3OS/c1-17-12-14-18(15-13-17)21-16-29-24(25-21)27-23(28)26-22(19-8-4-2-5-9-19)20-10-6-3-7-11-20/h2-16,22H,1H3,(H2,25,26,27,28). The van der Waals surface area contributed by atoms with E-state index in [1.54, 1.807) is 0 Å². The number of aryl methyl sites for hydroxylation is 1. The van der Waals surface area contributed by atoms with Crippen LogP contribution in [-0.2, 0) is 0 Å². The molecular formula is C24H21N3OS. The van der Waals surface area contributed by atoms with Gasteiger partial charge in [0.25, 0.3) is 0 Å². The van der Waals surface area contributed by atoms with Crippen molar-refractivity contribution in [2.45, 2.75) is 13.0 Å². The number of aromatic nitrogens is 1. The molecule has 0 saturated carbocycles. The van der Waals surface area contributed by atoms with E-state index in [4.69, 9.17) is 0 Å². The molecule has 4 nitrogen and oxygen atoms in total. The number of anilines is 1. The number of hydrogen-bond donors (Lipinski definition) is 2. The van der Waals surface area contributed by atoms with Gasteiger partial charge in [-0.25, -0.2) is 9.78 Å². The van der Waals surface area contributed by atoms with Gasteiger partial charge >= 0.3 is 6.03 Å². The van der Waals surface area contributed by atoms with Gasteiger partial charge in [-0.15, -0.1) is 11.3 Å². The van der Waals surface area contributed by atoms with Crippen molar-refractivity contribution >= 4 is 22.5 Å². The van der Waals surface area contributed by atoms with Gasteiger partial charge in [0.2, 0.25) is 0 Å². The predicted molar refractivity (Wildman–Crippen MR) is 119 cm³/mol. The number of hydrogen-bond acceptors (Lipinski definition) is 3. The van der Waals surface area contributed by atoms with Gasteiger partial charge in [-0.2, -0.15) is 0 Å². The Morgan fingerprint density at radius 3 is 2.03 bits per heavy atom. The second-order valence-electron chi connectivity index (χ2n) is 6.76. The Morgan fingerprint density at radius 1 is 0.862 bits per heavy atom. The van der Waals surface area contributed by atoms with Crippen LogP contribution in [0.4, 0.5) is 9.93 Å². The first kappa shape index (κ1) is 18.9. The second-order valence-corrected chi connectivity index (χ2v) is 7.61. The number of amides is 2. The zero-order valence-corrected chi connectivity index (χ0v) is 16.8. The minimum absolute atomic E-state index is 0.242. The highest BCUT2D eigenvalue weighted by molar-refractivity contribution is 7.14. The van der Waals surface area contributed by atoms with Crippen LogP contribution in [0.1, 0.15) is 22.7 Å². The van der Waals surface area contributed by atoms with Crippen molar-refractivity contribution in [1.29, 1.82) is 0 Å². The third-order valence-corrected chi connectivity index (χ3v) is 5.37. The SMILES string of the molecule is Cc1ccc(-c2csc(NC(=O)NC(c3ccccc3)c3ccccc3)n2)cc1. The van der Waals surface area contributed by atoms with Crippen LogP contribution in [0.2, 0.25) is 0 Å². The Bertz CT molecular complexity index is 1040. The van der Waals surface area contributed by atoms with Gasteiger partial charge in [0.05, 0.1) is 11.7 Å². The molecule has 4 aromatic rings. The molecule has 5 heteroatoms. The number of benzene rings is 3. The number of rotatable bonds is 5. The van der Waals surface area contributed by atoms with Gasteiger partial charge in [0.1, 0.15) is 0 Å². The van der Waals surface area contributed by atoms with E-state index >= 15 is 0 Å². The average molecular weight is 400 g/mol. The minimum atomic E-state index is -0.285. The molecule has 0 atom stereocenters. The smallest absolute Gasteiger partial charge is 0.321 e. The van der Waals surface area contributed by atoms with Gasteiger partial charge in [-0.1, -0.05) is 90.5 Å². The third kappa shape index (κ3) is 4.70. The van der Waals surface area contributed by atoms with Crippen molar-refractivity contribution in [3.05, 3.63) is 107 Å². The molecule has 0 aliphatic heterocycles. The maximum absolute atomic E-state index is 12.7. The lowest BCUT2D eigenvalue weighted by Gasteiger charge is -2.19. The number of nitrogens with zero attached hydrogens (tertiary/aromatic N) is 1. The fourth-order valence-corrected chi connectivity index (χ4v) is 3.82. The molecule has 1 aromatic heterocycles. The molecule has 0 saturated heterocycles. The molecule has 0 aliphatic rings. The molecule has 0 spiro atoms. The molecule has 29 heavy (non-hydrogen) atoms. The highest BCUT2D eigenvalue weighted by atomic mass is 32.1. The molecular weight excluding hydrogens is 378 g/mol. The first-order valence-corrected chi connectivity index (χ1v) is 10.3. The van der Waals surface area contributed by atoms with Crippen molar-refractivity contribution in [1.82, 2.24) is 10.3 Å². The topological polar surface area (TPSA) is 54.0 Å². The maximum atomic E-state index is 12.7. The fourth-order valence-electron chi connectivity index (χ4n) is 3.10. The fraction of sp³-hybridized carbons (Fsp3) is 0.0833. The van der Waals surface area contributed by atoms with Crippen LogP contribution in [-0.4, -0.2) is 11.0 Å². The lowest BCUT2D eigenvalue weighted by atomic mass is 9.99. The van der Waals surface area contributed by atoms with E-state index in [2.05, 4.69) is 34.7 Å². The largest absolute Gasteiger partial charge is 0.327 e. The number of nitrogens with one attached hydrogen (secondary N) is 2. The van der Waals surface area contributed by atoms with E-state index in [0.29, 0.717) is 5.13 Å². The molecule has 0 fully saturated rings. The van der Waals surface area contributed by atoms with Gasteiger partial charge in [-0.05, 0) is 18.1 Å². The van der Waals surface area contributed by atoms with E-state index < -0.39 is 0 Å². The van der Waals surface area contributed by atoms with Crippen LogP contribution in [0.5, 0.6) is 0 Å². The highest BCUT2D eigenvalue weighted by Gasteiger charge is 2.17. The lowest BCUT2D eigenvalue weighted by Crippen LogP contribution is -2.33. The monoisotopic (exact) mass is 399 g/mol. The molecule has 4 rings (SSSR count). The Balaban J connectivity index is 1.49. The van der Waals surface area contributed by atoms with Crippen molar-refractivity contribution < 1.29 is 4.79 Å². The Morgan fingerprint density at radius 2 is 1.45 bits per heavy atom. The van der Waals surface area contributed by atoms with Gasteiger partial charge < -0.3 is 5.32 Å². The van der Waals surface area contributed by atoms with Gasteiger partial charge in [0, 0.05) is 10.9 Å². The molecule has 144 valence electrons. The van der Waals surface area contributed by atoms with Crippen molar-refractivity contribution in [2.24, 2.45) is 0 Å². The third-order valence-electron chi connectivity index (χ3n) is 4.61. The number of carbonyl (C=O) groups excluding carboxylic acids is 1. The Kier molecular flexibility index (Phi) is 5.68. The summed E-state index contributed by atoms with van der Waals surface area (Å²) in [4.78, 5) is 17.3. The summed E-state index contributed by atoms with van der Waals surface area (Å²) in [7, 11) is 0. The molecule has 0 bridgehead atoms. The van der Waals surface area contributed by atoms with Crippen LogP contribution in [0.25, 0.3) is 11.3 Å². The average Bonchev–Trinajstić information content (AvgIpc) is 3.22. The molecule has 2 amide bonds. The lowest BCUT2D eigenvalue weighted by molar-refractivity contribution is 0.250. The van der Waals surface area contributed by atoms with E-state index in [1.807, 2.05) is 78.2 Å². The summed E-state index contributed by atoms with van der Waals surface area (Å²) in [5.74, 6) is 0. The highest BCUT2D eigenvalue weighted by Crippen LogP contribution is 2.26. The Labute approximate surface area is 174 Å². The second kappa shape index (κ2) is 8.71. The molecule has 2 N–H and O–H groups in total. The number of carbonyl (C=O) groups is 1. The molecule has 1 heterocycles. The summed E-state index contributed by atoms with van der Waals surface area (Å²) in [5, 5.41) is 8.46. The van der Waals surface area contributed by atoms with E-state index in [-0.39, 0.29) is 12.1 Å². The first-order valence-electron chi connectivity index (χ1n) is 9.39. The van der Waals surface area contributed by atoms with E-state index in [9.17, 15) is 4.79 Å². The maximum Gasteiger partial charge on any atom is 0.321 e. The predicted octanol–water partition coefficient (Wildman–Crippen LogP) is 6.03. The van der Waals surface area contributed by atoms with Crippen LogP contribution < -0.4 is 10.6 Å². The first-order chi connectivity index (χ1) is 14.2. The zero-order valence-electron chi connectivity index (χ0n) is 16.0. The summed E-state index contributed by atoms with van der Waals surface area (Å²) in [6.07, 6.45) is 0. The minimum Gasteiger partial charge on any atom is -0.327 e. The van der Waals surface area contributed by atoms with E-state index in [0.717, 1.165) is 22.4 Å². The van der Waals surface area contributed by atoms with Gasteiger partial charge in [-0.3, -0.25) is 5.32 Å². The van der Waals surface area contributed by atoms with Crippen LogP contribution in [0.15, 0.2) is 90.3 Å². The van der Waals surface area contributed by atoms with Crippen LogP contribution in [0, 0.1) is 6.92 Å². The normalized spacial score (nSPS) is 10.7. The number of urea groups is 1. The Hall–Kier alpha value is -3.44. The van der Waals surface area contributed by atoms with Crippen LogP contribution in [0.3, 0.4) is 0 Å². The quantitative estimate of drug-likeness (QED) is 0.430. The molecule has 3 aromatic carbocycles. The zero-order chi connectivity index (χ0) is 20.1. The summed E-state index contributed by atoms with van der Waals surface area (Å²) in [5.41, 5.74) is 5.14. The van der Waals surface area contributed by atoms with Crippen molar-refractivity contribution in [3.63, 3.8) is 0 Å². The van der Waals surface area contributed by atoms with Crippen molar-refractivity contribution in [3.8, 4) is 11.3 Å². The summed E-state index contributed by atoms with van der Waals surface area (Å²) in [6.45, 7) is 2.05. The number of thiazole rings is 1. The summed E-state index contributed by atoms with van der Waals surface area (Å²) in [6, 6.07) is 27.5. The van der Waals surface area contributed by atoms with Gasteiger partial charge in [0.15, 0.2) is 5.13 Å². The molecule has 0 unspecified atom stereocenters. The molecule has 0 radical (unpaired) electrons. The summed E-state index contributed by atoms with van der Waals surface area (Å²) < 4.78 is 0. The van der Waals surface area contributed by atoms with E-state index in [1.165, 1.54) is 16.9 Å².